The lowest BCUT2D eigenvalue weighted by Crippen LogP contribution is -2.46. The molecule has 1 saturated heterocycles. The second kappa shape index (κ2) is 9.30. The van der Waals surface area contributed by atoms with Gasteiger partial charge in [0.2, 0.25) is 5.91 Å². The van der Waals surface area contributed by atoms with Crippen molar-refractivity contribution >= 4 is 11.8 Å². The monoisotopic (exact) mass is 435 g/mol. The summed E-state index contributed by atoms with van der Waals surface area (Å²) in [6.07, 6.45) is 4.62. The van der Waals surface area contributed by atoms with E-state index >= 15 is 0 Å². The van der Waals surface area contributed by atoms with Gasteiger partial charge >= 0.3 is 0 Å². The summed E-state index contributed by atoms with van der Waals surface area (Å²) in [5.41, 5.74) is 2.35. The average molecular weight is 436 g/mol. The molecular formula is C24H26FN5O2. The zero-order valence-electron chi connectivity index (χ0n) is 18.2. The zero-order valence-corrected chi connectivity index (χ0v) is 18.2. The topological polar surface area (TPSA) is 71.3 Å². The molecule has 7 nitrogen and oxygen atoms in total. The Morgan fingerprint density at radius 2 is 1.84 bits per heavy atom. The molecule has 1 aliphatic heterocycles. The van der Waals surface area contributed by atoms with E-state index in [4.69, 9.17) is 0 Å². The van der Waals surface area contributed by atoms with Crippen LogP contribution in [0.1, 0.15) is 41.7 Å². The lowest BCUT2D eigenvalue weighted by Gasteiger charge is -2.36. The molecule has 1 fully saturated rings. The molecule has 0 bridgehead atoms. The summed E-state index contributed by atoms with van der Waals surface area (Å²) in [6.45, 7) is 2.97. The van der Waals surface area contributed by atoms with E-state index in [-0.39, 0.29) is 29.6 Å². The quantitative estimate of drug-likeness (QED) is 0.615. The molecule has 2 heterocycles. The largest absolute Gasteiger partial charge is 0.339 e. The first-order chi connectivity index (χ1) is 15.4. The second-order valence-corrected chi connectivity index (χ2v) is 8.15. The SMILES string of the molecule is CC(c1ccc(-n2cncn2)cc1)N(C)C(=O)C1CCCN(C(=O)c2ccc(F)cc2)C1. The first-order valence-corrected chi connectivity index (χ1v) is 10.7. The highest BCUT2D eigenvalue weighted by molar-refractivity contribution is 5.94. The Hall–Kier alpha value is -3.55. The van der Waals surface area contributed by atoms with E-state index < -0.39 is 0 Å². The van der Waals surface area contributed by atoms with Crippen LogP contribution in [0.5, 0.6) is 0 Å². The Labute approximate surface area is 186 Å². The van der Waals surface area contributed by atoms with Crippen LogP contribution in [-0.4, -0.2) is 56.5 Å². The van der Waals surface area contributed by atoms with Gasteiger partial charge in [-0.25, -0.2) is 14.1 Å². The molecule has 0 saturated carbocycles. The summed E-state index contributed by atoms with van der Waals surface area (Å²) >= 11 is 0. The number of nitrogens with zero attached hydrogens (tertiary/aromatic N) is 5. The molecule has 166 valence electrons. The third-order valence-electron chi connectivity index (χ3n) is 6.14. The van der Waals surface area contributed by atoms with Crippen LogP contribution in [0.3, 0.4) is 0 Å². The summed E-state index contributed by atoms with van der Waals surface area (Å²) in [6, 6.07) is 13.3. The van der Waals surface area contributed by atoms with Crippen LogP contribution in [0.2, 0.25) is 0 Å². The predicted octanol–water partition coefficient (Wildman–Crippen LogP) is 3.48. The number of amides is 2. The van der Waals surface area contributed by atoms with Crippen molar-refractivity contribution in [1.82, 2.24) is 24.6 Å². The minimum atomic E-state index is -0.377. The molecule has 0 N–H and O–H groups in total. The Balaban J connectivity index is 1.41. The van der Waals surface area contributed by atoms with Gasteiger partial charge in [-0.3, -0.25) is 9.59 Å². The predicted molar refractivity (Wildman–Crippen MR) is 118 cm³/mol. The maximum Gasteiger partial charge on any atom is 0.253 e. The van der Waals surface area contributed by atoms with Gasteiger partial charge in [0.05, 0.1) is 17.6 Å². The van der Waals surface area contributed by atoms with Gasteiger partial charge in [0.25, 0.3) is 5.91 Å². The van der Waals surface area contributed by atoms with Gasteiger partial charge in [0, 0.05) is 25.7 Å². The van der Waals surface area contributed by atoms with Gasteiger partial charge in [-0.2, -0.15) is 5.10 Å². The fourth-order valence-electron chi connectivity index (χ4n) is 4.09. The van der Waals surface area contributed by atoms with Crippen LogP contribution < -0.4 is 0 Å². The van der Waals surface area contributed by atoms with E-state index in [9.17, 15) is 14.0 Å². The lowest BCUT2D eigenvalue weighted by atomic mass is 9.94. The Bertz CT molecular complexity index is 1070. The Kier molecular flexibility index (Phi) is 6.30. The van der Waals surface area contributed by atoms with Crippen molar-refractivity contribution in [3.05, 3.63) is 78.1 Å². The number of rotatable bonds is 5. The molecular weight excluding hydrogens is 409 g/mol. The van der Waals surface area contributed by atoms with E-state index in [1.54, 1.807) is 27.9 Å². The average Bonchev–Trinajstić information content (AvgIpc) is 3.38. The molecule has 3 aromatic rings. The number of halogens is 1. The summed E-state index contributed by atoms with van der Waals surface area (Å²) < 4.78 is 14.9. The highest BCUT2D eigenvalue weighted by atomic mass is 19.1. The number of carbonyl (C=O) groups is 2. The van der Waals surface area contributed by atoms with Gasteiger partial charge in [-0.1, -0.05) is 12.1 Å². The Morgan fingerprint density at radius 3 is 2.50 bits per heavy atom. The van der Waals surface area contributed by atoms with Crippen molar-refractivity contribution < 1.29 is 14.0 Å². The van der Waals surface area contributed by atoms with Gasteiger partial charge < -0.3 is 9.80 Å². The van der Waals surface area contributed by atoms with E-state index in [0.29, 0.717) is 18.7 Å². The highest BCUT2D eigenvalue weighted by Crippen LogP contribution is 2.26. The highest BCUT2D eigenvalue weighted by Gasteiger charge is 2.32. The molecule has 2 amide bonds. The second-order valence-electron chi connectivity index (χ2n) is 8.15. The number of likely N-dealkylation sites (tertiary alicyclic amines) is 1. The smallest absolute Gasteiger partial charge is 0.253 e. The van der Waals surface area contributed by atoms with E-state index in [0.717, 1.165) is 24.1 Å². The van der Waals surface area contributed by atoms with Crippen molar-refractivity contribution in [3.8, 4) is 5.69 Å². The molecule has 4 rings (SSSR count). The number of hydrogen-bond donors (Lipinski definition) is 0. The maximum atomic E-state index is 13.2. The molecule has 1 aromatic heterocycles. The number of piperidine rings is 1. The Morgan fingerprint density at radius 1 is 1.12 bits per heavy atom. The fraction of sp³-hybridized carbons (Fsp3) is 0.333. The summed E-state index contributed by atoms with van der Waals surface area (Å²) in [5.74, 6) is -0.774. The van der Waals surface area contributed by atoms with Crippen molar-refractivity contribution in [2.24, 2.45) is 5.92 Å². The summed E-state index contributed by atoms with van der Waals surface area (Å²) in [7, 11) is 1.80. The minimum Gasteiger partial charge on any atom is -0.339 e. The van der Waals surface area contributed by atoms with Crippen LogP contribution in [0.4, 0.5) is 4.39 Å². The molecule has 0 spiro atoms. The van der Waals surface area contributed by atoms with E-state index in [1.807, 2.05) is 31.2 Å². The first kappa shape index (κ1) is 21.7. The molecule has 1 aliphatic rings. The maximum absolute atomic E-state index is 13.2. The van der Waals surface area contributed by atoms with Gasteiger partial charge in [0.1, 0.15) is 18.5 Å². The standard InChI is InChI=1S/C24H26FN5O2/c1-17(18-7-11-22(12-8-18)30-16-26-15-27-30)28(2)23(31)20-4-3-13-29(14-20)24(32)19-5-9-21(25)10-6-19/h5-12,15-17,20H,3-4,13-14H2,1-2H3. The summed E-state index contributed by atoms with van der Waals surface area (Å²) in [5, 5.41) is 4.12. The van der Waals surface area contributed by atoms with Crippen molar-refractivity contribution in [2.75, 3.05) is 20.1 Å². The number of hydrogen-bond acceptors (Lipinski definition) is 4. The number of benzene rings is 2. The van der Waals surface area contributed by atoms with Gasteiger partial charge in [-0.15, -0.1) is 0 Å². The van der Waals surface area contributed by atoms with Gasteiger partial charge in [-0.05, 0) is 61.7 Å². The third-order valence-corrected chi connectivity index (χ3v) is 6.14. The zero-order chi connectivity index (χ0) is 22.7. The molecule has 0 aliphatic carbocycles. The lowest BCUT2D eigenvalue weighted by molar-refractivity contribution is -0.137. The van der Waals surface area contributed by atoms with Crippen LogP contribution in [-0.2, 0) is 4.79 Å². The van der Waals surface area contributed by atoms with Crippen LogP contribution >= 0.6 is 0 Å². The van der Waals surface area contributed by atoms with Crippen molar-refractivity contribution in [3.63, 3.8) is 0 Å². The number of carbonyl (C=O) groups excluding carboxylic acids is 2. The molecule has 32 heavy (non-hydrogen) atoms. The van der Waals surface area contributed by atoms with E-state index in [2.05, 4.69) is 10.1 Å². The first-order valence-electron chi connectivity index (χ1n) is 10.7. The van der Waals surface area contributed by atoms with Crippen molar-refractivity contribution in [1.29, 1.82) is 0 Å². The van der Waals surface area contributed by atoms with Crippen LogP contribution in [0.15, 0.2) is 61.2 Å². The van der Waals surface area contributed by atoms with Gasteiger partial charge in [0.15, 0.2) is 0 Å². The minimum absolute atomic E-state index is 0.0226. The molecule has 8 heteroatoms. The molecule has 2 atom stereocenters. The fourth-order valence-corrected chi connectivity index (χ4v) is 4.09. The third kappa shape index (κ3) is 4.54. The summed E-state index contributed by atoms with van der Waals surface area (Å²) in [4.78, 5) is 33.4. The van der Waals surface area contributed by atoms with Crippen LogP contribution in [0.25, 0.3) is 5.69 Å². The molecule has 0 radical (unpaired) electrons. The number of aromatic nitrogens is 3. The molecule has 2 unspecified atom stereocenters. The van der Waals surface area contributed by atoms with E-state index in [1.165, 1.54) is 30.6 Å². The normalized spacial score (nSPS) is 17.1. The molecule has 2 aromatic carbocycles. The van der Waals surface area contributed by atoms with Crippen molar-refractivity contribution in [2.45, 2.75) is 25.8 Å². The van der Waals surface area contributed by atoms with Crippen LogP contribution in [0, 0.1) is 11.7 Å².